The lowest BCUT2D eigenvalue weighted by Crippen LogP contribution is -2.29. The quantitative estimate of drug-likeness (QED) is 0.874. The van der Waals surface area contributed by atoms with Crippen molar-refractivity contribution in [2.75, 3.05) is 13.1 Å². The van der Waals surface area contributed by atoms with E-state index >= 15 is 0 Å². The van der Waals surface area contributed by atoms with E-state index in [0.29, 0.717) is 23.1 Å². The largest absolute Gasteiger partial charge is 0.366 e. The number of nitrogens with zero attached hydrogens (tertiary/aromatic N) is 2. The second-order valence-corrected chi connectivity index (χ2v) is 7.16. The van der Waals surface area contributed by atoms with Gasteiger partial charge in [0, 0.05) is 30.3 Å². The summed E-state index contributed by atoms with van der Waals surface area (Å²) in [4.78, 5) is 25.8. The van der Waals surface area contributed by atoms with Gasteiger partial charge in [0.1, 0.15) is 5.69 Å². The summed E-state index contributed by atoms with van der Waals surface area (Å²) in [6, 6.07) is 9.35. The Morgan fingerprint density at radius 1 is 1.24 bits per heavy atom. The highest BCUT2D eigenvalue weighted by atomic mass is 16.2. The summed E-state index contributed by atoms with van der Waals surface area (Å²) < 4.78 is 0. The van der Waals surface area contributed by atoms with Crippen LogP contribution in [-0.2, 0) is 6.42 Å². The maximum Gasteiger partial charge on any atom is 0.274 e. The third-order valence-corrected chi connectivity index (χ3v) is 5.14. The summed E-state index contributed by atoms with van der Waals surface area (Å²) in [7, 11) is 0. The fourth-order valence-electron chi connectivity index (χ4n) is 3.58. The fraction of sp³-hybridized carbons (Fsp3) is 0.421. The molecule has 6 heteroatoms. The van der Waals surface area contributed by atoms with Crippen molar-refractivity contribution in [1.82, 2.24) is 15.1 Å². The zero-order valence-electron chi connectivity index (χ0n) is 14.1. The molecule has 6 nitrogen and oxygen atoms in total. The van der Waals surface area contributed by atoms with Gasteiger partial charge in [0.2, 0.25) is 5.91 Å². The van der Waals surface area contributed by atoms with Crippen molar-refractivity contribution >= 4 is 11.8 Å². The van der Waals surface area contributed by atoms with Gasteiger partial charge in [-0.1, -0.05) is 12.1 Å². The fourth-order valence-corrected chi connectivity index (χ4v) is 3.58. The third-order valence-electron chi connectivity index (χ3n) is 5.14. The van der Waals surface area contributed by atoms with Crippen LogP contribution in [0, 0.1) is 5.92 Å². The Bertz CT molecular complexity index is 809. The molecule has 1 saturated carbocycles. The van der Waals surface area contributed by atoms with Crippen LogP contribution in [0.25, 0.3) is 0 Å². The zero-order chi connectivity index (χ0) is 17.4. The van der Waals surface area contributed by atoms with Crippen molar-refractivity contribution in [3.05, 3.63) is 52.8 Å². The lowest BCUT2D eigenvalue weighted by Gasteiger charge is -2.15. The maximum atomic E-state index is 12.6. The molecule has 130 valence electrons. The lowest BCUT2D eigenvalue weighted by molar-refractivity contribution is 0.0781. The molecular formula is C19H22N4O2. The molecule has 1 aliphatic heterocycles. The molecule has 2 fully saturated rings. The van der Waals surface area contributed by atoms with Crippen molar-refractivity contribution in [3.8, 4) is 0 Å². The van der Waals surface area contributed by atoms with Crippen molar-refractivity contribution in [2.45, 2.75) is 31.6 Å². The summed E-state index contributed by atoms with van der Waals surface area (Å²) in [6.07, 6.45) is 4.18. The number of nitrogens with one attached hydrogen (secondary N) is 1. The van der Waals surface area contributed by atoms with Crippen LogP contribution in [0.4, 0.5) is 0 Å². The molecular weight excluding hydrogens is 316 g/mol. The molecule has 0 unspecified atom stereocenters. The number of hydrogen-bond donors (Lipinski definition) is 2. The second-order valence-electron chi connectivity index (χ2n) is 7.16. The number of rotatable bonds is 5. The zero-order valence-corrected chi connectivity index (χ0v) is 14.1. The smallest absolute Gasteiger partial charge is 0.274 e. The Hall–Kier alpha value is -2.63. The van der Waals surface area contributed by atoms with Crippen LogP contribution in [0.15, 0.2) is 30.3 Å². The summed E-state index contributed by atoms with van der Waals surface area (Å²) in [5.41, 5.74) is 8.58. The Morgan fingerprint density at radius 2 is 2.08 bits per heavy atom. The van der Waals surface area contributed by atoms with Crippen LogP contribution in [0.2, 0.25) is 0 Å². The highest BCUT2D eigenvalue weighted by Crippen LogP contribution is 2.39. The third kappa shape index (κ3) is 3.43. The van der Waals surface area contributed by atoms with Crippen molar-refractivity contribution in [2.24, 2.45) is 11.7 Å². The summed E-state index contributed by atoms with van der Waals surface area (Å²) in [6.45, 7) is 1.48. The van der Waals surface area contributed by atoms with E-state index in [2.05, 4.69) is 10.2 Å². The molecule has 0 spiro atoms. The summed E-state index contributed by atoms with van der Waals surface area (Å²) >= 11 is 0. The van der Waals surface area contributed by atoms with Crippen LogP contribution < -0.4 is 5.73 Å². The van der Waals surface area contributed by atoms with Gasteiger partial charge in [-0.05, 0) is 55.4 Å². The first kappa shape index (κ1) is 15.9. The standard InChI is InChI=1S/C19H22N4O2/c20-18(24)15-3-1-2-12(9-15)8-13-6-7-23(11-13)19(25)17-10-16(21-22-17)14-4-5-14/h1-3,9-10,13-14H,4-8,11H2,(H2,20,24)(H,21,22)/t13-/m0/s1. The number of aromatic amines is 1. The molecule has 0 radical (unpaired) electrons. The van der Waals surface area contributed by atoms with Gasteiger partial charge in [0.15, 0.2) is 0 Å². The summed E-state index contributed by atoms with van der Waals surface area (Å²) in [5, 5.41) is 7.19. The van der Waals surface area contributed by atoms with E-state index in [4.69, 9.17) is 5.73 Å². The van der Waals surface area contributed by atoms with Crippen molar-refractivity contribution < 1.29 is 9.59 Å². The SMILES string of the molecule is NC(=O)c1cccc(C[C@@H]2CCN(C(=O)c3cc(C4CC4)[nH]n3)C2)c1. The average Bonchev–Trinajstić information content (AvgIpc) is 3.16. The van der Waals surface area contributed by atoms with Crippen LogP contribution in [-0.4, -0.2) is 40.0 Å². The average molecular weight is 338 g/mol. The van der Waals surface area contributed by atoms with Gasteiger partial charge in [0.05, 0.1) is 0 Å². The monoisotopic (exact) mass is 338 g/mol. The van der Waals surface area contributed by atoms with E-state index in [1.807, 2.05) is 29.2 Å². The first-order valence-corrected chi connectivity index (χ1v) is 8.83. The van der Waals surface area contributed by atoms with Crippen molar-refractivity contribution in [3.63, 3.8) is 0 Å². The molecule has 1 atom stereocenters. The number of H-pyrrole nitrogens is 1. The number of aromatic nitrogens is 2. The van der Waals surface area contributed by atoms with Gasteiger partial charge in [-0.25, -0.2) is 0 Å². The molecule has 1 aromatic carbocycles. The van der Waals surface area contributed by atoms with Gasteiger partial charge >= 0.3 is 0 Å². The van der Waals surface area contributed by atoms with E-state index in [9.17, 15) is 9.59 Å². The van der Waals surface area contributed by atoms with E-state index in [0.717, 1.165) is 37.2 Å². The molecule has 4 rings (SSSR count). The Kier molecular flexibility index (Phi) is 4.03. The number of carbonyl (C=O) groups is 2. The highest BCUT2D eigenvalue weighted by Gasteiger charge is 2.30. The molecule has 1 aliphatic carbocycles. The van der Waals surface area contributed by atoms with E-state index in [1.165, 1.54) is 12.8 Å². The molecule has 2 aromatic rings. The van der Waals surface area contributed by atoms with Gasteiger partial charge in [-0.15, -0.1) is 0 Å². The van der Waals surface area contributed by atoms with E-state index in [1.54, 1.807) is 6.07 Å². The predicted molar refractivity (Wildman–Crippen MR) is 93.2 cm³/mol. The molecule has 2 aliphatic rings. The molecule has 25 heavy (non-hydrogen) atoms. The number of primary amides is 1. The normalized spacial score (nSPS) is 20.0. The Balaban J connectivity index is 1.38. The molecule has 2 heterocycles. The van der Waals surface area contributed by atoms with E-state index < -0.39 is 5.91 Å². The second kappa shape index (κ2) is 6.35. The van der Waals surface area contributed by atoms with Crippen LogP contribution >= 0.6 is 0 Å². The Labute approximate surface area is 146 Å². The number of hydrogen-bond acceptors (Lipinski definition) is 3. The molecule has 1 saturated heterocycles. The summed E-state index contributed by atoms with van der Waals surface area (Å²) in [5.74, 6) is 0.568. The molecule has 3 N–H and O–H groups in total. The van der Waals surface area contributed by atoms with Gasteiger partial charge < -0.3 is 10.6 Å². The lowest BCUT2D eigenvalue weighted by atomic mass is 9.97. The van der Waals surface area contributed by atoms with Crippen molar-refractivity contribution in [1.29, 1.82) is 0 Å². The highest BCUT2D eigenvalue weighted by molar-refractivity contribution is 5.93. The molecule has 0 bridgehead atoms. The van der Waals surface area contributed by atoms with Gasteiger partial charge in [0.25, 0.3) is 5.91 Å². The first-order chi connectivity index (χ1) is 12.1. The number of amides is 2. The molecule has 2 amide bonds. The number of benzene rings is 1. The molecule has 1 aromatic heterocycles. The minimum absolute atomic E-state index is 0.0107. The van der Waals surface area contributed by atoms with Gasteiger partial charge in [-0.2, -0.15) is 5.10 Å². The number of likely N-dealkylation sites (tertiary alicyclic amines) is 1. The topological polar surface area (TPSA) is 92.1 Å². The minimum Gasteiger partial charge on any atom is -0.366 e. The number of nitrogens with two attached hydrogens (primary N) is 1. The van der Waals surface area contributed by atoms with Crippen LogP contribution in [0.3, 0.4) is 0 Å². The predicted octanol–water partition coefficient (Wildman–Crippen LogP) is 2.09. The van der Waals surface area contributed by atoms with Gasteiger partial charge in [-0.3, -0.25) is 14.7 Å². The Morgan fingerprint density at radius 3 is 2.84 bits per heavy atom. The van der Waals surface area contributed by atoms with Crippen LogP contribution in [0.5, 0.6) is 0 Å². The van der Waals surface area contributed by atoms with Crippen LogP contribution in [0.1, 0.15) is 57.3 Å². The number of carbonyl (C=O) groups excluding carboxylic acids is 2. The maximum absolute atomic E-state index is 12.6. The minimum atomic E-state index is -0.407. The van der Waals surface area contributed by atoms with E-state index in [-0.39, 0.29) is 5.91 Å². The first-order valence-electron chi connectivity index (χ1n) is 8.83.